The molecule has 1 amide bonds. The van der Waals surface area contributed by atoms with Gasteiger partial charge in [0.25, 0.3) is 11.1 Å². The zero-order valence-electron chi connectivity index (χ0n) is 13.4. The van der Waals surface area contributed by atoms with Gasteiger partial charge in [-0.25, -0.2) is 4.98 Å². The van der Waals surface area contributed by atoms with Gasteiger partial charge in [0.2, 0.25) is 5.91 Å². The van der Waals surface area contributed by atoms with Crippen LogP contribution in [0.5, 0.6) is 11.5 Å². The van der Waals surface area contributed by atoms with Crippen molar-refractivity contribution in [3.8, 4) is 23.0 Å². The number of thiazole rings is 1. The van der Waals surface area contributed by atoms with E-state index in [1.165, 1.54) is 11.3 Å². The van der Waals surface area contributed by atoms with Crippen LogP contribution in [0.1, 0.15) is 0 Å². The lowest BCUT2D eigenvalue weighted by Crippen LogP contribution is -2.13. The smallest absolute Gasteiger partial charge is 0.277 e. The minimum Gasteiger partial charge on any atom is -0.497 e. The van der Waals surface area contributed by atoms with E-state index in [4.69, 9.17) is 13.9 Å². The van der Waals surface area contributed by atoms with Crippen molar-refractivity contribution in [3.05, 3.63) is 29.8 Å². The Morgan fingerprint density at radius 2 is 2.20 bits per heavy atom. The molecule has 0 unspecified atom stereocenters. The van der Waals surface area contributed by atoms with Gasteiger partial charge in [-0.05, 0) is 18.2 Å². The highest BCUT2D eigenvalue weighted by atomic mass is 32.2. The summed E-state index contributed by atoms with van der Waals surface area (Å²) in [5, 5.41) is 13.3. The van der Waals surface area contributed by atoms with Crippen LogP contribution >= 0.6 is 23.1 Å². The molecule has 10 heteroatoms. The van der Waals surface area contributed by atoms with E-state index in [9.17, 15) is 4.79 Å². The van der Waals surface area contributed by atoms with Crippen molar-refractivity contribution >= 4 is 34.1 Å². The summed E-state index contributed by atoms with van der Waals surface area (Å²) in [5.41, 5.74) is 0.619. The summed E-state index contributed by atoms with van der Waals surface area (Å²) in [6.45, 7) is 0. The van der Waals surface area contributed by atoms with Crippen molar-refractivity contribution < 1.29 is 18.7 Å². The molecule has 0 aliphatic rings. The highest BCUT2D eigenvalue weighted by Gasteiger charge is 2.16. The average molecular weight is 378 g/mol. The largest absolute Gasteiger partial charge is 0.497 e. The number of aromatic nitrogens is 3. The molecule has 0 aliphatic heterocycles. The molecule has 8 nitrogen and oxygen atoms in total. The molecule has 0 saturated heterocycles. The Bertz CT molecular complexity index is 851. The van der Waals surface area contributed by atoms with Gasteiger partial charge in [-0.2, -0.15) is 0 Å². The maximum absolute atomic E-state index is 11.9. The number of carbonyl (C=O) groups is 1. The van der Waals surface area contributed by atoms with Crippen LogP contribution in [-0.2, 0) is 4.79 Å². The zero-order valence-corrected chi connectivity index (χ0v) is 15.0. The first-order valence-corrected chi connectivity index (χ1v) is 8.94. The van der Waals surface area contributed by atoms with Gasteiger partial charge in [0.05, 0.1) is 25.5 Å². The summed E-state index contributed by atoms with van der Waals surface area (Å²) >= 11 is 2.49. The van der Waals surface area contributed by atoms with Gasteiger partial charge in [-0.15, -0.1) is 21.5 Å². The molecular weight excluding hydrogens is 364 g/mol. The molecule has 2 aromatic heterocycles. The van der Waals surface area contributed by atoms with Gasteiger partial charge >= 0.3 is 0 Å². The number of hydrogen-bond acceptors (Lipinski definition) is 9. The summed E-state index contributed by atoms with van der Waals surface area (Å²) in [4.78, 5) is 15.8. The molecule has 0 aliphatic carbocycles. The molecule has 0 atom stereocenters. The highest BCUT2D eigenvalue weighted by molar-refractivity contribution is 7.99. The number of rotatable bonds is 7. The normalized spacial score (nSPS) is 10.5. The van der Waals surface area contributed by atoms with E-state index in [0.29, 0.717) is 28.1 Å². The maximum atomic E-state index is 11.9. The fourth-order valence-electron chi connectivity index (χ4n) is 1.93. The molecule has 3 rings (SSSR count). The van der Waals surface area contributed by atoms with E-state index < -0.39 is 0 Å². The fraction of sp³-hybridized carbons (Fsp3) is 0.200. The first-order chi connectivity index (χ1) is 12.2. The second-order valence-electron chi connectivity index (χ2n) is 4.61. The van der Waals surface area contributed by atoms with Crippen LogP contribution in [0.3, 0.4) is 0 Å². The van der Waals surface area contributed by atoms with Crippen LogP contribution in [0, 0.1) is 0 Å². The highest BCUT2D eigenvalue weighted by Crippen LogP contribution is 2.33. The van der Waals surface area contributed by atoms with Crippen LogP contribution in [0.4, 0.5) is 5.13 Å². The minimum absolute atomic E-state index is 0.135. The van der Waals surface area contributed by atoms with Crippen molar-refractivity contribution in [3.63, 3.8) is 0 Å². The van der Waals surface area contributed by atoms with Gasteiger partial charge in [-0.1, -0.05) is 11.8 Å². The topological polar surface area (TPSA) is 99.4 Å². The lowest BCUT2D eigenvalue weighted by molar-refractivity contribution is -0.113. The minimum atomic E-state index is -0.196. The van der Waals surface area contributed by atoms with E-state index in [1.54, 1.807) is 44.0 Å². The molecule has 3 aromatic rings. The first kappa shape index (κ1) is 17.2. The summed E-state index contributed by atoms with van der Waals surface area (Å²) in [6.07, 6.45) is 1.62. The zero-order chi connectivity index (χ0) is 17.6. The second kappa shape index (κ2) is 7.99. The molecule has 25 heavy (non-hydrogen) atoms. The van der Waals surface area contributed by atoms with Crippen LogP contribution in [0.2, 0.25) is 0 Å². The standard InChI is InChI=1S/C15H14N4O4S2/c1-21-9-3-4-11(22-2)10(7-9)13-18-19-15(23-13)25-8-12(20)17-14-16-5-6-24-14/h3-7H,8H2,1-2H3,(H,16,17,20). The lowest BCUT2D eigenvalue weighted by atomic mass is 10.2. The third kappa shape index (κ3) is 4.28. The third-order valence-electron chi connectivity index (χ3n) is 3.05. The Morgan fingerprint density at radius 3 is 2.92 bits per heavy atom. The van der Waals surface area contributed by atoms with Crippen molar-refractivity contribution in [1.82, 2.24) is 15.2 Å². The van der Waals surface area contributed by atoms with E-state index in [2.05, 4.69) is 20.5 Å². The van der Waals surface area contributed by atoms with E-state index in [-0.39, 0.29) is 16.9 Å². The number of ether oxygens (including phenoxy) is 2. The van der Waals surface area contributed by atoms with E-state index in [1.807, 2.05) is 0 Å². The number of nitrogens with one attached hydrogen (secondary N) is 1. The Hall–Kier alpha value is -2.59. The van der Waals surface area contributed by atoms with Gasteiger partial charge in [0.15, 0.2) is 5.13 Å². The van der Waals surface area contributed by atoms with Gasteiger partial charge in [0.1, 0.15) is 11.5 Å². The molecule has 0 saturated carbocycles. The Kier molecular flexibility index (Phi) is 5.51. The fourth-order valence-corrected chi connectivity index (χ4v) is 3.03. The number of amides is 1. The Balaban J connectivity index is 1.67. The quantitative estimate of drug-likeness (QED) is 0.627. The number of thioether (sulfide) groups is 1. The molecule has 1 N–H and O–H groups in total. The first-order valence-electron chi connectivity index (χ1n) is 7.07. The maximum Gasteiger partial charge on any atom is 0.277 e. The predicted molar refractivity (Wildman–Crippen MR) is 94.3 cm³/mol. The van der Waals surface area contributed by atoms with Crippen LogP contribution in [0.15, 0.2) is 39.4 Å². The number of nitrogens with zero attached hydrogens (tertiary/aromatic N) is 3. The Morgan fingerprint density at radius 1 is 1.32 bits per heavy atom. The Labute approximate surface area is 151 Å². The SMILES string of the molecule is COc1ccc(OC)c(-c2nnc(SCC(=O)Nc3nccs3)o2)c1. The van der Waals surface area contributed by atoms with Crippen molar-refractivity contribution in [1.29, 1.82) is 0 Å². The predicted octanol–water partition coefficient (Wildman–Crippen LogP) is 2.94. The van der Waals surface area contributed by atoms with Crippen LogP contribution < -0.4 is 14.8 Å². The van der Waals surface area contributed by atoms with Gasteiger partial charge < -0.3 is 19.2 Å². The van der Waals surface area contributed by atoms with Crippen LogP contribution in [-0.4, -0.2) is 41.1 Å². The number of anilines is 1. The molecule has 1 aromatic carbocycles. The molecule has 2 heterocycles. The molecule has 0 fully saturated rings. The van der Waals surface area contributed by atoms with Crippen molar-refractivity contribution in [2.45, 2.75) is 5.22 Å². The van der Waals surface area contributed by atoms with Gasteiger partial charge in [-0.3, -0.25) is 4.79 Å². The number of benzene rings is 1. The van der Waals surface area contributed by atoms with E-state index >= 15 is 0 Å². The average Bonchev–Trinajstić information content (AvgIpc) is 3.31. The van der Waals surface area contributed by atoms with Crippen molar-refractivity contribution in [2.24, 2.45) is 0 Å². The lowest BCUT2D eigenvalue weighted by Gasteiger charge is -2.07. The number of hydrogen-bond donors (Lipinski definition) is 1. The molecular formula is C15H14N4O4S2. The summed E-state index contributed by atoms with van der Waals surface area (Å²) < 4.78 is 16.1. The summed E-state index contributed by atoms with van der Waals surface area (Å²) in [5.74, 6) is 1.46. The second-order valence-corrected chi connectivity index (χ2v) is 6.43. The summed E-state index contributed by atoms with van der Waals surface area (Å²) in [7, 11) is 3.13. The molecule has 0 radical (unpaired) electrons. The van der Waals surface area contributed by atoms with Gasteiger partial charge in [0, 0.05) is 11.6 Å². The molecule has 0 spiro atoms. The summed E-state index contributed by atoms with van der Waals surface area (Å²) in [6, 6.07) is 5.28. The van der Waals surface area contributed by atoms with E-state index in [0.717, 1.165) is 11.8 Å². The number of carbonyl (C=O) groups excluding carboxylic acids is 1. The van der Waals surface area contributed by atoms with Crippen LogP contribution in [0.25, 0.3) is 11.5 Å². The third-order valence-corrected chi connectivity index (χ3v) is 4.56. The molecule has 0 bridgehead atoms. The van der Waals surface area contributed by atoms with Crippen molar-refractivity contribution in [2.75, 3.05) is 25.3 Å². The molecule has 130 valence electrons. The monoisotopic (exact) mass is 378 g/mol. The number of methoxy groups -OCH3 is 2.